The Morgan fingerprint density at radius 3 is 2.50 bits per heavy atom. The standard InChI is InChI=1S/C15H21N3O3S/c1-17-10-9-15(16-17)18(2)22(19,20)12-14(21-3)11-13-7-5-4-6-8-13/h4-10,14H,11-12H2,1-3H3/t14-/m1/s1. The molecule has 120 valence electrons. The molecule has 0 saturated heterocycles. The van der Waals surface area contributed by atoms with Crippen LogP contribution in [0.4, 0.5) is 5.82 Å². The molecule has 0 aliphatic heterocycles. The Labute approximate surface area is 131 Å². The van der Waals surface area contributed by atoms with Gasteiger partial charge in [0.1, 0.15) is 0 Å². The number of hydrogen-bond donors (Lipinski definition) is 0. The first-order valence-electron chi connectivity index (χ1n) is 6.95. The van der Waals surface area contributed by atoms with Crippen LogP contribution < -0.4 is 4.31 Å². The third kappa shape index (κ3) is 4.08. The van der Waals surface area contributed by atoms with E-state index in [1.54, 1.807) is 24.0 Å². The minimum Gasteiger partial charge on any atom is -0.380 e. The number of aryl methyl sites for hydroxylation is 1. The third-order valence-electron chi connectivity index (χ3n) is 3.48. The van der Waals surface area contributed by atoms with E-state index in [4.69, 9.17) is 4.74 Å². The van der Waals surface area contributed by atoms with Crippen LogP contribution >= 0.6 is 0 Å². The summed E-state index contributed by atoms with van der Waals surface area (Å²) >= 11 is 0. The van der Waals surface area contributed by atoms with Crippen molar-refractivity contribution in [1.29, 1.82) is 0 Å². The van der Waals surface area contributed by atoms with Gasteiger partial charge in [-0.05, 0) is 12.0 Å². The fourth-order valence-electron chi connectivity index (χ4n) is 2.15. The number of hydrogen-bond acceptors (Lipinski definition) is 4. The summed E-state index contributed by atoms with van der Waals surface area (Å²) in [6.45, 7) is 0. The smallest absolute Gasteiger partial charge is 0.238 e. The Hall–Kier alpha value is -1.86. The summed E-state index contributed by atoms with van der Waals surface area (Å²) in [7, 11) is 1.29. The maximum Gasteiger partial charge on any atom is 0.238 e. The molecule has 0 saturated carbocycles. The predicted molar refractivity (Wildman–Crippen MR) is 86.3 cm³/mol. The highest BCUT2D eigenvalue weighted by Crippen LogP contribution is 2.15. The Morgan fingerprint density at radius 2 is 1.95 bits per heavy atom. The molecule has 1 aromatic carbocycles. The number of nitrogens with zero attached hydrogens (tertiary/aromatic N) is 3. The molecule has 0 unspecified atom stereocenters. The second-order valence-corrected chi connectivity index (χ2v) is 7.19. The summed E-state index contributed by atoms with van der Waals surface area (Å²) in [4.78, 5) is 0. The van der Waals surface area contributed by atoms with Crippen molar-refractivity contribution in [2.75, 3.05) is 24.2 Å². The van der Waals surface area contributed by atoms with Crippen LogP contribution in [0.1, 0.15) is 5.56 Å². The molecule has 2 rings (SSSR count). The lowest BCUT2D eigenvalue weighted by Gasteiger charge is -2.21. The fourth-order valence-corrected chi connectivity index (χ4v) is 3.48. The van der Waals surface area contributed by atoms with Crippen LogP contribution in [0.25, 0.3) is 0 Å². The SMILES string of the molecule is CO[C@H](Cc1ccccc1)CS(=O)(=O)N(C)c1ccn(C)n1. The molecule has 0 aliphatic carbocycles. The summed E-state index contributed by atoms with van der Waals surface area (Å²) in [5.41, 5.74) is 1.05. The molecule has 1 heterocycles. The molecule has 0 aliphatic rings. The Balaban J connectivity index is 2.08. The molecular formula is C15H21N3O3S. The summed E-state index contributed by atoms with van der Waals surface area (Å²) in [5.74, 6) is 0.308. The van der Waals surface area contributed by atoms with Gasteiger partial charge in [-0.2, -0.15) is 5.10 Å². The van der Waals surface area contributed by atoms with Crippen molar-refractivity contribution < 1.29 is 13.2 Å². The first-order chi connectivity index (χ1) is 10.4. The van der Waals surface area contributed by atoms with Gasteiger partial charge in [0.15, 0.2) is 5.82 Å². The van der Waals surface area contributed by atoms with E-state index in [0.717, 1.165) is 5.56 Å². The van der Waals surface area contributed by atoms with Gasteiger partial charge in [-0.15, -0.1) is 0 Å². The molecule has 0 N–H and O–H groups in total. The lowest BCUT2D eigenvalue weighted by molar-refractivity contribution is 0.121. The van der Waals surface area contributed by atoms with Crippen molar-refractivity contribution in [3.05, 3.63) is 48.2 Å². The van der Waals surface area contributed by atoms with Crippen LogP contribution in [0.3, 0.4) is 0 Å². The second kappa shape index (κ2) is 6.93. The van der Waals surface area contributed by atoms with Crippen LogP contribution in [0.5, 0.6) is 0 Å². The van der Waals surface area contributed by atoms with Crippen molar-refractivity contribution in [3.63, 3.8) is 0 Å². The normalized spacial score (nSPS) is 13.0. The van der Waals surface area contributed by atoms with Gasteiger partial charge in [-0.3, -0.25) is 8.99 Å². The van der Waals surface area contributed by atoms with Gasteiger partial charge in [0, 0.05) is 33.5 Å². The minimum atomic E-state index is -3.50. The molecule has 0 spiro atoms. The lowest BCUT2D eigenvalue weighted by Crippen LogP contribution is -2.36. The third-order valence-corrected chi connectivity index (χ3v) is 5.29. The van der Waals surface area contributed by atoms with Crippen molar-refractivity contribution in [2.24, 2.45) is 7.05 Å². The summed E-state index contributed by atoms with van der Waals surface area (Å²) in [5, 5.41) is 4.12. The van der Waals surface area contributed by atoms with E-state index >= 15 is 0 Å². The Bertz CT molecular complexity index is 698. The molecule has 0 bridgehead atoms. The number of benzene rings is 1. The van der Waals surface area contributed by atoms with E-state index in [2.05, 4.69) is 5.10 Å². The zero-order chi connectivity index (χ0) is 16.2. The van der Waals surface area contributed by atoms with Crippen molar-refractivity contribution in [1.82, 2.24) is 9.78 Å². The Morgan fingerprint density at radius 1 is 1.27 bits per heavy atom. The average Bonchev–Trinajstić information content (AvgIpc) is 2.93. The van der Waals surface area contributed by atoms with Crippen LogP contribution in [0.2, 0.25) is 0 Å². The first-order valence-corrected chi connectivity index (χ1v) is 8.56. The summed E-state index contributed by atoms with van der Waals surface area (Å²) in [6.07, 6.45) is 1.85. The molecule has 0 fully saturated rings. The van der Waals surface area contributed by atoms with Gasteiger partial charge in [-0.25, -0.2) is 8.42 Å². The zero-order valence-electron chi connectivity index (χ0n) is 13.0. The number of sulfonamides is 1. The summed E-state index contributed by atoms with van der Waals surface area (Å²) in [6, 6.07) is 11.4. The Kier molecular flexibility index (Phi) is 5.20. The molecule has 1 aromatic heterocycles. The largest absolute Gasteiger partial charge is 0.380 e. The molecule has 0 radical (unpaired) electrons. The highest BCUT2D eigenvalue weighted by Gasteiger charge is 2.25. The van der Waals surface area contributed by atoms with Crippen LogP contribution in [0.15, 0.2) is 42.6 Å². The van der Waals surface area contributed by atoms with Crippen molar-refractivity contribution >= 4 is 15.8 Å². The molecule has 22 heavy (non-hydrogen) atoms. The van der Waals surface area contributed by atoms with E-state index in [-0.39, 0.29) is 5.75 Å². The van der Waals surface area contributed by atoms with Gasteiger partial charge >= 0.3 is 0 Å². The minimum absolute atomic E-state index is 0.0918. The highest BCUT2D eigenvalue weighted by atomic mass is 32.2. The predicted octanol–water partition coefficient (Wildman–Crippen LogP) is 1.44. The number of ether oxygens (including phenoxy) is 1. The van der Waals surface area contributed by atoms with Crippen LogP contribution in [-0.4, -0.2) is 44.2 Å². The summed E-state index contributed by atoms with van der Waals surface area (Å²) < 4.78 is 33.1. The molecule has 0 amide bonds. The number of anilines is 1. The van der Waals surface area contributed by atoms with Gasteiger partial charge in [0.2, 0.25) is 10.0 Å². The number of aromatic nitrogens is 2. The topological polar surface area (TPSA) is 64.4 Å². The van der Waals surface area contributed by atoms with Gasteiger partial charge < -0.3 is 4.74 Å². The number of methoxy groups -OCH3 is 1. The molecule has 6 nitrogen and oxygen atoms in total. The van der Waals surface area contributed by atoms with E-state index in [9.17, 15) is 8.42 Å². The van der Waals surface area contributed by atoms with Crippen molar-refractivity contribution in [3.8, 4) is 0 Å². The molecular weight excluding hydrogens is 302 g/mol. The van der Waals surface area contributed by atoms with Gasteiger partial charge in [0.25, 0.3) is 0 Å². The van der Waals surface area contributed by atoms with Crippen molar-refractivity contribution in [2.45, 2.75) is 12.5 Å². The first kappa shape index (κ1) is 16.5. The van der Waals surface area contributed by atoms with Gasteiger partial charge in [0.05, 0.1) is 11.9 Å². The molecule has 1 atom stereocenters. The maximum atomic E-state index is 12.5. The molecule has 2 aromatic rings. The molecule has 7 heteroatoms. The van der Waals surface area contributed by atoms with E-state index < -0.39 is 16.1 Å². The van der Waals surface area contributed by atoms with E-state index in [0.29, 0.717) is 12.2 Å². The van der Waals surface area contributed by atoms with E-state index in [1.807, 2.05) is 30.3 Å². The highest BCUT2D eigenvalue weighted by molar-refractivity contribution is 7.92. The maximum absolute atomic E-state index is 12.5. The second-order valence-electron chi connectivity index (χ2n) is 5.14. The average molecular weight is 323 g/mol. The quantitative estimate of drug-likeness (QED) is 0.773. The lowest BCUT2D eigenvalue weighted by atomic mass is 10.1. The fraction of sp³-hybridized carbons (Fsp3) is 0.400. The van der Waals surface area contributed by atoms with E-state index in [1.165, 1.54) is 18.5 Å². The van der Waals surface area contributed by atoms with Crippen LogP contribution in [0, 0.1) is 0 Å². The van der Waals surface area contributed by atoms with Crippen LogP contribution in [-0.2, 0) is 28.2 Å². The monoisotopic (exact) mass is 323 g/mol. The van der Waals surface area contributed by atoms with Gasteiger partial charge in [-0.1, -0.05) is 30.3 Å². The number of rotatable bonds is 7. The zero-order valence-corrected chi connectivity index (χ0v) is 13.8.